The number of benzene rings is 1. The van der Waals surface area contributed by atoms with Crippen molar-refractivity contribution in [3.63, 3.8) is 0 Å². The monoisotopic (exact) mass is 459 g/mol. The molecule has 0 saturated heterocycles. The molecule has 0 saturated carbocycles. The minimum Gasteiger partial charge on any atom is -0.493 e. The summed E-state index contributed by atoms with van der Waals surface area (Å²) in [5.74, 6) is 0.584. The Hall–Kier alpha value is -0.490. The minimum atomic E-state index is -1.89. The van der Waals surface area contributed by atoms with E-state index in [1.54, 1.807) is 12.2 Å². The highest BCUT2D eigenvalue weighted by atomic mass is 35.6. The molecule has 0 N–H and O–H groups in total. The van der Waals surface area contributed by atoms with Crippen LogP contribution in [0.25, 0.3) is 12.2 Å². The molecule has 1 aromatic heterocycles. The van der Waals surface area contributed by atoms with Crippen molar-refractivity contribution < 1.29 is 4.74 Å². The molecule has 0 spiro atoms. The van der Waals surface area contributed by atoms with E-state index in [1.165, 1.54) is 0 Å². The Morgan fingerprint density at radius 1 is 0.880 bits per heavy atom. The molecule has 134 valence electrons. The first kappa shape index (κ1) is 20.8. The van der Waals surface area contributed by atoms with Crippen LogP contribution in [0.4, 0.5) is 0 Å². The third-order valence-corrected chi connectivity index (χ3v) is 3.80. The van der Waals surface area contributed by atoms with Crippen molar-refractivity contribution in [3.05, 3.63) is 47.3 Å². The largest absolute Gasteiger partial charge is 0.493 e. The first-order chi connectivity index (χ1) is 11.6. The lowest BCUT2D eigenvalue weighted by Crippen LogP contribution is -2.16. The van der Waals surface area contributed by atoms with Crippen LogP contribution in [0.3, 0.4) is 0 Å². The zero-order valence-corrected chi connectivity index (χ0v) is 17.2. The van der Waals surface area contributed by atoms with Crippen LogP contribution in [-0.2, 0) is 7.59 Å². The van der Waals surface area contributed by atoms with Gasteiger partial charge in [0.15, 0.2) is 17.5 Å². The Labute approximate surface area is 175 Å². The van der Waals surface area contributed by atoms with Gasteiger partial charge in [0.05, 0.1) is 6.61 Å². The number of ether oxygens (including phenoxy) is 1. The van der Waals surface area contributed by atoms with E-state index in [-0.39, 0.29) is 17.5 Å². The molecule has 0 amide bonds. The molecular weight excluding hydrogens is 451 g/mol. The number of alkyl halides is 6. The van der Waals surface area contributed by atoms with Gasteiger partial charge < -0.3 is 4.74 Å². The average Bonchev–Trinajstić information content (AvgIpc) is 2.52. The molecule has 0 atom stereocenters. The molecular formula is C15H11Cl6N3O. The average molecular weight is 462 g/mol. The standard InChI is InChI=1S/C15H11Cl6N3O/c1-2-25-10-6-4-3-5-9(10)7-8-11-22-12(14(16,17)18)24-13(23-11)15(19,20)21/h3-8H,2H2,1H3/b8-7+. The van der Waals surface area contributed by atoms with Gasteiger partial charge in [0.1, 0.15) is 5.75 Å². The van der Waals surface area contributed by atoms with Crippen LogP contribution < -0.4 is 4.74 Å². The van der Waals surface area contributed by atoms with E-state index in [4.69, 9.17) is 74.3 Å². The summed E-state index contributed by atoms with van der Waals surface area (Å²) in [5, 5.41) is 0. The summed E-state index contributed by atoms with van der Waals surface area (Å²) >= 11 is 35.0. The molecule has 1 aromatic carbocycles. The summed E-state index contributed by atoms with van der Waals surface area (Å²) < 4.78 is 1.77. The number of nitrogens with zero attached hydrogens (tertiary/aromatic N) is 3. The molecule has 0 bridgehead atoms. The van der Waals surface area contributed by atoms with Crippen LogP contribution in [-0.4, -0.2) is 21.6 Å². The summed E-state index contributed by atoms with van der Waals surface area (Å²) in [4.78, 5) is 12.1. The molecule has 0 fully saturated rings. The number of hydrogen-bond acceptors (Lipinski definition) is 4. The van der Waals surface area contributed by atoms with Gasteiger partial charge in [-0.25, -0.2) is 15.0 Å². The lowest BCUT2D eigenvalue weighted by molar-refractivity contribution is 0.339. The van der Waals surface area contributed by atoms with E-state index in [1.807, 2.05) is 31.2 Å². The van der Waals surface area contributed by atoms with Gasteiger partial charge >= 0.3 is 0 Å². The predicted molar refractivity (Wildman–Crippen MR) is 105 cm³/mol. The minimum absolute atomic E-state index is 0.147. The molecule has 0 radical (unpaired) electrons. The third-order valence-electron chi connectivity index (χ3n) is 2.79. The fraction of sp³-hybridized carbons (Fsp3) is 0.267. The van der Waals surface area contributed by atoms with Gasteiger partial charge in [0.25, 0.3) is 0 Å². The van der Waals surface area contributed by atoms with E-state index < -0.39 is 7.59 Å². The summed E-state index contributed by atoms with van der Waals surface area (Å²) in [7, 11) is 0. The predicted octanol–water partition coefficient (Wildman–Crippen LogP) is 6.09. The molecule has 25 heavy (non-hydrogen) atoms. The SMILES string of the molecule is CCOc1ccccc1/C=C/c1nc(C(Cl)(Cl)Cl)nc(C(Cl)(Cl)Cl)n1. The van der Waals surface area contributed by atoms with Gasteiger partial charge in [-0.3, -0.25) is 0 Å². The first-order valence-corrected chi connectivity index (χ1v) is 9.18. The highest BCUT2D eigenvalue weighted by Gasteiger charge is 2.33. The summed E-state index contributed by atoms with van der Waals surface area (Å²) in [6, 6.07) is 7.45. The fourth-order valence-electron chi connectivity index (χ4n) is 1.79. The molecule has 2 aromatic rings. The Kier molecular flexibility index (Phi) is 7.05. The summed E-state index contributed by atoms with van der Waals surface area (Å²) in [5.41, 5.74) is 0.815. The Morgan fingerprint density at radius 2 is 1.44 bits per heavy atom. The van der Waals surface area contributed by atoms with Crippen LogP contribution in [0, 0.1) is 0 Å². The lowest BCUT2D eigenvalue weighted by atomic mass is 10.2. The molecule has 1 heterocycles. The number of hydrogen-bond donors (Lipinski definition) is 0. The first-order valence-electron chi connectivity index (χ1n) is 6.91. The van der Waals surface area contributed by atoms with Crippen molar-refractivity contribution in [2.45, 2.75) is 14.5 Å². The number of aromatic nitrogens is 3. The molecule has 2 rings (SSSR count). The van der Waals surface area contributed by atoms with Crippen molar-refractivity contribution >= 4 is 81.8 Å². The molecule has 0 unspecified atom stereocenters. The number of rotatable bonds is 4. The van der Waals surface area contributed by atoms with Crippen molar-refractivity contribution in [2.24, 2.45) is 0 Å². The van der Waals surface area contributed by atoms with Crippen molar-refractivity contribution in [1.82, 2.24) is 15.0 Å². The fourth-order valence-corrected chi connectivity index (χ4v) is 2.30. The van der Waals surface area contributed by atoms with E-state index >= 15 is 0 Å². The summed E-state index contributed by atoms with van der Waals surface area (Å²) in [6.07, 6.45) is 3.32. The third kappa shape index (κ3) is 6.02. The van der Waals surface area contributed by atoms with Crippen LogP contribution >= 0.6 is 69.6 Å². The quantitative estimate of drug-likeness (QED) is 0.516. The maximum Gasteiger partial charge on any atom is 0.250 e. The lowest BCUT2D eigenvalue weighted by Gasteiger charge is -2.14. The topological polar surface area (TPSA) is 47.9 Å². The zero-order chi connectivity index (χ0) is 18.7. The van der Waals surface area contributed by atoms with Crippen LogP contribution in [0.15, 0.2) is 24.3 Å². The smallest absolute Gasteiger partial charge is 0.250 e. The van der Waals surface area contributed by atoms with Crippen LogP contribution in [0.1, 0.15) is 30.0 Å². The Morgan fingerprint density at radius 3 is 1.96 bits per heavy atom. The Balaban J connectivity index is 2.45. The molecule has 0 aliphatic rings. The second-order valence-electron chi connectivity index (χ2n) is 4.64. The van der Waals surface area contributed by atoms with E-state index in [2.05, 4.69) is 15.0 Å². The van der Waals surface area contributed by atoms with E-state index in [9.17, 15) is 0 Å². The highest BCUT2D eigenvalue weighted by Crippen LogP contribution is 2.40. The zero-order valence-electron chi connectivity index (χ0n) is 12.7. The van der Waals surface area contributed by atoms with Gasteiger partial charge in [-0.1, -0.05) is 87.8 Å². The van der Waals surface area contributed by atoms with Gasteiger partial charge in [0.2, 0.25) is 7.59 Å². The van der Waals surface area contributed by atoms with Gasteiger partial charge in [-0.2, -0.15) is 0 Å². The maximum atomic E-state index is 5.84. The molecule has 4 nitrogen and oxygen atoms in total. The van der Waals surface area contributed by atoms with Gasteiger partial charge in [-0.05, 0) is 25.1 Å². The van der Waals surface area contributed by atoms with Crippen molar-refractivity contribution in [2.75, 3.05) is 6.61 Å². The molecule has 0 aliphatic heterocycles. The van der Waals surface area contributed by atoms with Crippen molar-refractivity contribution in [1.29, 1.82) is 0 Å². The van der Waals surface area contributed by atoms with Crippen molar-refractivity contribution in [3.8, 4) is 5.75 Å². The van der Waals surface area contributed by atoms with Crippen LogP contribution in [0.5, 0.6) is 5.75 Å². The normalized spacial score (nSPS) is 12.6. The van der Waals surface area contributed by atoms with E-state index in [0.717, 1.165) is 5.56 Å². The number of para-hydroxylation sites is 1. The van der Waals surface area contributed by atoms with Gasteiger partial charge in [-0.15, -0.1) is 0 Å². The van der Waals surface area contributed by atoms with Gasteiger partial charge in [0, 0.05) is 5.56 Å². The maximum absolute atomic E-state index is 5.84. The second-order valence-corrected chi connectivity index (χ2v) is 9.20. The Bertz CT molecular complexity index is 738. The molecule has 0 aliphatic carbocycles. The highest BCUT2D eigenvalue weighted by molar-refractivity contribution is 6.67. The van der Waals surface area contributed by atoms with E-state index in [0.29, 0.717) is 12.4 Å². The summed E-state index contributed by atoms with van der Waals surface area (Å²) in [6.45, 7) is 2.43. The molecule has 10 heteroatoms. The van der Waals surface area contributed by atoms with Crippen LogP contribution in [0.2, 0.25) is 0 Å². The second kappa shape index (κ2) is 8.47. The number of halogens is 6.